The fourth-order valence-electron chi connectivity index (χ4n) is 1.41. The molecule has 7 nitrogen and oxygen atoms in total. The number of H-pyrrole nitrogens is 1. The predicted molar refractivity (Wildman–Crippen MR) is 62.0 cm³/mol. The number of anilines is 1. The second kappa shape index (κ2) is 4.97. The standard InChI is InChI=1S/C11H9N5O2/c1-18-8-4-2-3-7(5-12)9(8)15-11(17)10-13-6-14-16-10/h2-4,6H,1H3,(H,15,17)(H,13,14,16). The molecule has 2 aromatic rings. The molecule has 0 unspecified atom stereocenters. The van der Waals surface area contributed by atoms with Crippen LogP contribution in [-0.2, 0) is 0 Å². The van der Waals surface area contributed by atoms with Crippen molar-refractivity contribution in [3.63, 3.8) is 0 Å². The Labute approximate surface area is 102 Å². The van der Waals surface area contributed by atoms with Gasteiger partial charge in [0, 0.05) is 0 Å². The maximum atomic E-state index is 11.8. The molecule has 0 fully saturated rings. The Kier molecular flexibility index (Phi) is 3.20. The van der Waals surface area contributed by atoms with Gasteiger partial charge in [0.1, 0.15) is 23.8 Å². The number of nitriles is 1. The minimum absolute atomic E-state index is 0.0600. The molecule has 90 valence electrons. The lowest BCUT2D eigenvalue weighted by molar-refractivity contribution is 0.101. The number of aromatic amines is 1. The summed E-state index contributed by atoms with van der Waals surface area (Å²) in [6.07, 6.45) is 1.22. The predicted octanol–water partition coefficient (Wildman–Crippen LogP) is 0.937. The van der Waals surface area contributed by atoms with Crippen LogP contribution in [0.2, 0.25) is 0 Å². The molecule has 0 atom stereocenters. The van der Waals surface area contributed by atoms with Gasteiger partial charge in [-0.3, -0.25) is 9.89 Å². The monoisotopic (exact) mass is 243 g/mol. The third-order valence-corrected chi connectivity index (χ3v) is 2.24. The summed E-state index contributed by atoms with van der Waals surface area (Å²) in [6.45, 7) is 0. The van der Waals surface area contributed by atoms with Crippen LogP contribution in [0.1, 0.15) is 16.2 Å². The zero-order chi connectivity index (χ0) is 13.0. The molecule has 2 N–H and O–H groups in total. The molecule has 0 bridgehead atoms. The van der Waals surface area contributed by atoms with E-state index in [0.29, 0.717) is 17.0 Å². The lowest BCUT2D eigenvalue weighted by Gasteiger charge is -2.10. The van der Waals surface area contributed by atoms with Gasteiger partial charge >= 0.3 is 0 Å². The first-order valence-corrected chi connectivity index (χ1v) is 5.00. The van der Waals surface area contributed by atoms with Crippen LogP contribution in [-0.4, -0.2) is 28.2 Å². The van der Waals surface area contributed by atoms with Crippen molar-refractivity contribution in [2.45, 2.75) is 0 Å². The first-order chi connectivity index (χ1) is 8.76. The number of benzene rings is 1. The Morgan fingerprint density at radius 2 is 2.39 bits per heavy atom. The molecule has 7 heteroatoms. The Bertz CT molecular complexity index is 600. The summed E-state index contributed by atoms with van der Waals surface area (Å²) in [6, 6.07) is 6.88. The van der Waals surface area contributed by atoms with Crippen LogP contribution in [0.5, 0.6) is 5.75 Å². The maximum Gasteiger partial charge on any atom is 0.293 e. The van der Waals surface area contributed by atoms with E-state index in [1.54, 1.807) is 18.2 Å². The number of methoxy groups -OCH3 is 1. The molecular weight excluding hydrogens is 234 g/mol. The largest absolute Gasteiger partial charge is 0.495 e. The average Bonchev–Trinajstić information content (AvgIpc) is 2.93. The number of carbonyl (C=O) groups is 1. The molecule has 0 aliphatic carbocycles. The van der Waals surface area contributed by atoms with Gasteiger partial charge in [0.05, 0.1) is 12.7 Å². The second-order valence-corrected chi connectivity index (χ2v) is 3.28. The van der Waals surface area contributed by atoms with E-state index in [2.05, 4.69) is 20.5 Å². The zero-order valence-electron chi connectivity index (χ0n) is 9.47. The SMILES string of the molecule is COc1cccc(C#N)c1NC(=O)c1ncn[nH]1. The number of aromatic nitrogens is 3. The highest BCUT2D eigenvalue weighted by atomic mass is 16.5. The molecular formula is C11H9N5O2. The summed E-state index contributed by atoms with van der Waals surface area (Å²) >= 11 is 0. The molecule has 1 aromatic carbocycles. The van der Waals surface area contributed by atoms with Gasteiger partial charge in [0.15, 0.2) is 0 Å². The van der Waals surface area contributed by atoms with Crippen molar-refractivity contribution in [1.29, 1.82) is 5.26 Å². The van der Waals surface area contributed by atoms with Crippen molar-refractivity contribution in [3.8, 4) is 11.8 Å². The third-order valence-electron chi connectivity index (χ3n) is 2.24. The second-order valence-electron chi connectivity index (χ2n) is 3.28. The normalized spacial score (nSPS) is 9.56. The van der Waals surface area contributed by atoms with E-state index in [1.165, 1.54) is 13.4 Å². The van der Waals surface area contributed by atoms with E-state index in [1.807, 2.05) is 6.07 Å². The summed E-state index contributed by atoms with van der Waals surface area (Å²) in [5.41, 5.74) is 0.617. The van der Waals surface area contributed by atoms with E-state index in [4.69, 9.17) is 10.00 Å². The Morgan fingerprint density at radius 3 is 3.00 bits per heavy atom. The minimum Gasteiger partial charge on any atom is -0.495 e. The van der Waals surface area contributed by atoms with Gasteiger partial charge in [-0.05, 0) is 12.1 Å². The molecule has 0 radical (unpaired) electrons. The molecule has 18 heavy (non-hydrogen) atoms. The molecule has 1 heterocycles. The molecule has 0 aliphatic rings. The number of para-hydroxylation sites is 1. The van der Waals surface area contributed by atoms with Crippen molar-refractivity contribution in [2.75, 3.05) is 12.4 Å². The lowest BCUT2D eigenvalue weighted by Crippen LogP contribution is -2.15. The number of hydrogen-bond acceptors (Lipinski definition) is 5. The number of rotatable bonds is 3. The number of nitrogens with zero attached hydrogens (tertiary/aromatic N) is 3. The summed E-state index contributed by atoms with van der Waals surface area (Å²) < 4.78 is 5.09. The molecule has 1 amide bonds. The first kappa shape index (κ1) is 11.6. The quantitative estimate of drug-likeness (QED) is 0.834. The third kappa shape index (κ3) is 2.12. The summed E-state index contributed by atoms with van der Waals surface area (Å²) in [7, 11) is 1.46. The van der Waals surface area contributed by atoms with Gasteiger partial charge in [-0.15, -0.1) is 0 Å². The van der Waals surface area contributed by atoms with Crippen LogP contribution < -0.4 is 10.1 Å². The van der Waals surface area contributed by atoms with E-state index < -0.39 is 5.91 Å². The van der Waals surface area contributed by atoms with Crippen LogP contribution >= 0.6 is 0 Å². The van der Waals surface area contributed by atoms with E-state index >= 15 is 0 Å². The first-order valence-electron chi connectivity index (χ1n) is 5.00. The van der Waals surface area contributed by atoms with Crippen LogP contribution in [0.15, 0.2) is 24.5 Å². The average molecular weight is 243 g/mol. The van der Waals surface area contributed by atoms with Crippen LogP contribution in [0.4, 0.5) is 5.69 Å². The maximum absolute atomic E-state index is 11.8. The van der Waals surface area contributed by atoms with Crippen LogP contribution in [0.25, 0.3) is 0 Å². The minimum atomic E-state index is -0.492. The lowest BCUT2D eigenvalue weighted by atomic mass is 10.1. The topological polar surface area (TPSA) is 104 Å². The Balaban J connectivity index is 2.34. The van der Waals surface area contributed by atoms with Gasteiger partial charge in [-0.25, -0.2) is 4.98 Å². The smallest absolute Gasteiger partial charge is 0.293 e. The van der Waals surface area contributed by atoms with Gasteiger partial charge in [-0.1, -0.05) is 6.07 Å². The van der Waals surface area contributed by atoms with Crippen molar-refractivity contribution < 1.29 is 9.53 Å². The zero-order valence-corrected chi connectivity index (χ0v) is 9.47. The van der Waals surface area contributed by atoms with Gasteiger partial charge in [0.2, 0.25) is 5.82 Å². The van der Waals surface area contributed by atoms with E-state index in [9.17, 15) is 4.79 Å². The highest BCUT2D eigenvalue weighted by Gasteiger charge is 2.15. The van der Waals surface area contributed by atoms with Crippen molar-refractivity contribution in [2.24, 2.45) is 0 Å². The molecule has 0 saturated carbocycles. The fraction of sp³-hybridized carbons (Fsp3) is 0.0909. The number of hydrogen-bond donors (Lipinski definition) is 2. The summed E-state index contributed by atoms with van der Waals surface area (Å²) in [5.74, 6) is -0.0276. The van der Waals surface area contributed by atoms with Crippen LogP contribution in [0.3, 0.4) is 0 Å². The Morgan fingerprint density at radius 1 is 1.56 bits per heavy atom. The highest BCUT2D eigenvalue weighted by Crippen LogP contribution is 2.27. The molecule has 0 aliphatic heterocycles. The molecule has 0 spiro atoms. The Hall–Kier alpha value is -2.88. The molecule has 2 rings (SSSR count). The van der Waals surface area contributed by atoms with Crippen molar-refractivity contribution >= 4 is 11.6 Å². The van der Waals surface area contributed by atoms with Gasteiger partial charge in [-0.2, -0.15) is 10.4 Å². The van der Waals surface area contributed by atoms with E-state index in [0.717, 1.165) is 0 Å². The van der Waals surface area contributed by atoms with Crippen molar-refractivity contribution in [1.82, 2.24) is 15.2 Å². The number of nitrogens with one attached hydrogen (secondary N) is 2. The van der Waals surface area contributed by atoms with Crippen molar-refractivity contribution in [3.05, 3.63) is 35.9 Å². The molecule has 1 aromatic heterocycles. The summed E-state index contributed by atoms with van der Waals surface area (Å²) in [5, 5.41) is 17.6. The van der Waals surface area contributed by atoms with Crippen LogP contribution in [0, 0.1) is 11.3 Å². The summed E-state index contributed by atoms with van der Waals surface area (Å²) in [4.78, 5) is 15.5. The van der Waals surface area contributed by atoms with Gasteiger partial charge < -0.3 is 10.1 Å². The number of ether oxygens (including phenoxy) is 1. The van der Waals surface area contributed by atoms with Gasteiger partial charge in [0.25, 0.3) is 5.91 Å². The van der Waals surface area contributed by atoms with E-state index in [-0.39, 0.29) is 5.82 Å². The number of carbonyl (C=O) groups excluding carboxylic acids is 1. The highest BCUT2D eigenvalue weighted by molar-refractivity contribution is 6.03. The number of amides is 1. The molecule has 0 saturated heterocycles. The fourth-order valence-corrected chi connectivity index (χ4v) is 1.41.